The molecule has 3 heteroatoms. The SMILES string of the molecule is CCNN(CC)CCCN. The number of nitrogens with zero attached hydrogens (tertiary/aromatic N) is 1. The average molecular weight is 145 g/mol. The van der Waals surface area contributed by atoms with Gasteiger partial charge in [-0.05, 0) is 13.0 Å². The number of nitrogens with two attached hydrogens (primary N) is 1. The van der Waals surface area contributed by atoms with E-state index >= 15 is 0 Å². The van der Waals surface area contributed by atoms with Crippen molar-refractivity contribution < 1.29 is 0 Å². The first kappa shape index (κ1) is 9.88. The van der Waals surface area contributed by atoms with Gasteiger partial charge in [-0.1, -0.05) is 13.8 Å². The first-order valence-electron chi connectivity index (χ1n) is 4.03. The second kappa shape index (κ2) is 6.99. The quantitative estimate of drug-likeness (QED) is 0.524. The van der Waals surface area contributed by atoms with Crippen LogP contribution in [-0.2, 0) is 0 Å². The predicted octanol–water partition coefficient (Wildman–Crippen LogP) is 0.182. The Hall–Kier alpha value is -0.120. The molecule has 0 atom stereocenters. The Bertz CT molecular complexity index is 65.9. The van der Waals surface area contributed by atoms with E-state index in [0.29, 0.717) is 0 Å². The summed E-state index contributed by atoms with van der Waals surface area (Å²) in [6.07, 6.45) is 1.07. The fourth-order valence-corrected chi connectivity index (χ4v) is 0.855. The molecule has 0 saturated carbocycles. The van der Waals surface area contributed by atoms with Gasteiger partial charge in [0, 0.05) is 19.6 Å². The van der Waals surface area contributed by atoms with Crippen LogP contribution in [0.15, 0.2) is 0 Å². The minimum atomic E-state index is 0.780. The van der Waals surface area contributed by atoms with E-state index in [2.05, 4.69) is 24.3 Å². The number of hydrazine groups is 1. The van der Waals surface area contributed by atoms with Crippen LogP contribution < -0.4 is 11.2 Å². The van der Waals surface area contributed by atoms with Crippen molar-refractivity contribution in [3.05, 3.63) is 0 Å². The molecule has 0 aliphatic heterocycles. The third-order valence-corrected chi connectivity index (χ3v) is 1.40. The van der Waals surface area contributed by atoms with Crippen LogP contribution in [0, 0.1) is 0 Å². The van der Waals surface area contributed by atoms with Crippen molar-refractivity contribution in [2.75, 3.05) is 26.2 Å². The first-order valence-corrected chi connectivity index (χ1v) is 4.03. The number of hydrogen-bond acceptors (Lipinski definition) is 3. The van der Waals surface area contributed by atoms with E-state index in [0.717, 1.165) is 32.6 Å². The second-order valence-electron chi connectivity index (χ2n) is 2.23. The van der Waals surface area contributed by atoms with Crippen molar-refractivity contribution in [3.8, 4) is 0 Å². The molecule has 0 rings (SSSR count). The van der Waals surface area contributed by atoms with Gasteiger partial charge < -0.3 is 5.73 Å². The maximum absolute atomic E-state index is 5.37. The summed E-state index contributed by atoms with van der Waals surface area (Å²) in [4.78, 5) is 0. The molecule has 0 heterocycles. The van der Waals surface area contributed by atoms with E-state index < -0.39 is 0 Å². The molecule has 3 N–H and O–H groups in total. The molecule has 0 unspecified atom stereocenters. The van der Waals surface area contributed by atoms with Crippen molar-refractivity contribution in [1.82, 2.24) is 10.4 Å². The van der Waals surface area contributed by atoms with Crippen LogP contribution in [0.3, 0.4) is 0 Å². The maximum atomic E-state index is 5.37. The highest BCUT2D eigenvalue weighted by Gasteiger charge is 1.96. The normalized spacial score (nSPS) is 10.8. The molecule has 0 aromatic carbocycles. The summed E-state index contributed by atoms with van der Waals surface area (Å²) >= 11 is 0. The van der Waals surface area contributed by atoms with Crippen molar-refractivity contribution in [3.63, 3.8) is 0 Å². The summed E-state index contributed by atoms with van der Waals surface area (Å²) in [6, 6.07) is 0. The van der Waals surface area contributed by atoms with E-state index in [4.69, 9.17) is 5.73 Å². The van der Waals surface area contributed by atoms with Crippen molar-refractivity contribution in [2.24, 2.45) is 5.73 Å². The molecule has 10 heavy (non-hydrogen) atoms. The molecular formula is C7H19N3. The maximum Gasteiger partial charge on any atom is 0.0142 e. The molecule has 0 amide bonds. The predicted molar refractivity (Wildman–Crippen MR) is 44.6 cm³/mol. The van der Waals surface area contributed by atoms with Crippen LogP contribution in [0.25, 0.3) is 0 Å². The van der Waals surface area contributed by atoms with Crippen LogP contribution in [0.1, 0.15) is 20.3 Å². The Kier molecular flexibility index (Phi) is 6.91. The van der Waals surface area contributed by atoms with Crippen molar-refractivity contribution in [1.29, 1.82) is 0 Å². The fraction of sp³-hybridized carbons (Fsp3) is 1.00. The molecule has 0 fully saturated rings. The summed E-state index contributed by atoms with van der Waals surface area (Å²) in [7, 11) is 0. The van der Waals surface area contributed by atoms with Crippen LogP contribution in [0.4, 0.5) is 0 Å². The zero-order valence-electron chi connectivity index (χ0n) is 7.06. The van der Waals surface area contributed by atoms with Crippen molar-refractivity contribution >= 4 is 0 Å². The van der Waals surface area contributed by atoms with E-state index in [1.807, 2.05) is 0 Å². The Morgan fingerprint density at radius 1 is 1.40 bits per heavy atom. The van der Waals surface area contributed by atoms with Gasteiger partial charge in [0.2, 0.25) is 0 Å². The van der Waals surface area contributed by atoms with Gasteiger partial charge in [-0.3, -0.25) is 5.43 Å². The van der Waals surface area contributed by atoms with Crippen LogP contribution in [-0.4, -0.2) is 31.2 Å². The van der Waals surface area contributed by atoms with Crippen LogP contribution in [0.5, 0.6) is 0 Å². The Balaban J connectivity index is 3.21. The third-order valence-electron chi connectivity index (χ3n) is 1.40. The topological polar surface area (TPSA) is 41.3 Å². The third kappa shape index (κ3) is 4.73. The first-order chi connectivity index (χ1) is 4.85. The second-order valence-corrected chi connectivity index (χ2v) is 2.23. The van der Waals surface area contributed by atoms with Crippen molar-refractivity contribution in [2.45, 2.75) is 20.3 Å². The number of nitrogens with one attached hydrogen (secondary N) is 1. The minimum Gasteiger partial charge on any atom is -0.330 e. The standard InChI is InChI=1S/C7H19N3/c1-3-9-10(4-2)7-5-6-8/h9H,3-8H2,1-2H3. The lowest BCUT2D eigenvalue weighted by Crippen LogP contribution is -2.38. The summed E-state index contributed by atoms with van der Waals surface area (Å²) in [5.74, 6) is 0. The zero-order valence-corrected chi connectivity index (χ0v) is 7.06. The van der Waals surface area contributed by atoms with Crippen LogP contribution >= 0.6 is 0 Å². The van der Waals surface area contributed by atoms with Gasteiger partial charge >= 0.3 is 0 Å². The van der Waals surface area contributed by atoms with E-state index in [-0.39, 0.29) is 0 Å². The van der Waals surface area contributed by atoms with E-state index in [1.54, 1.807) is 0 Å². The lowest BCUT2D eigenvalue weighted by atomic mass is 10.4. The molecule has 0 saturated heterocycles. The van der Waals surface area contributed by atoms with E-state index in [9.17, 15) is 0 Å². The average Bonchev–Trinajstić information content (AvgIpc) is 1.98. The summed E-state index contributed by atoms with van der Waals surface area (Å²) in [5, 5.41) is 2.19. The molecule has 0 aromatic rings. The zero-order chi connectivity index (χ0) is 7.82. The molecule has 0 aliphatic carbocycles. The highest BCUT2D eigenvalue weighted by atomic mass is 15.5. The van der Waals surface area contributed by atoms with E-state index in [1.165, 1.54) is 0 Å². The molecule has 0 aromatic heterocycles. The molecule has 0 spiro atoms. The largest absolute Gasteiger partial charge is 0.330 e. The van der Waals surface area contributed by atoms with Gasteiger partial charge in [-0.2, -0.15) is 0 Å². The molecule has 0 radical (unpaired) electrons. The van der Waals surface area contributed by atoms with Gasteiger partial charge in [0.15, 0.2) is 0 Å². The highest BCUT2D eigenvalue weighted by Crippen LogP contribution is 1.83. The number of hydrogen-bond donors (Lipinski definition) is 2. The molecule has 0 aliphatic rings. The van der Waals surface area contributed by atoms with Gasteiger partial charge in [0.05, 0.1) is 0 Å². The van der Waals surface area contributed by atoms with Gasteiger partial charge in [0.1, 0.15) is 0 Å². The molecule has 3 nitrogen and oxygen atoms in total. The minimum absolute atomic E-state index is 0.780. The lowest BCUT2D eigenvalue weighted by molar-refractivity contribution is 0.202. The summed E-state index contributed by atoms with van der Waals surface area (Å²) < 4.78 is 0. The van der Waals surface area contributed by atoms with Gasteiger partial charge in [-0.25, -0.2) is 5.01 Å². The molecule has 0 bridgehead atoms. The summed E-state index contributed by atoms with van der Waals surface area (Å²) in [6.45, 7) is 8.12. The number of rotatable bonds is 6. The molecule has 62 valence electrons. The van der Waals surface area contributed by atoms with Gasteiger partial charge in [0.25, 0.3) is 0 Å². The van der Waals surface area contributed by atoms with Gasteiger partial charge in [-0.15, -0.1) is 0 Å². The Labute approximate surface area is 63.5 Å². The van der Waals surface area contributed by atoms with Crippen LogP contribution in [0.2, 0.25) is 0 Å². The Morgan fingerprint density at radius 2 is 2.10 bits per heavy atom. The Morgan fingerprint density at radius 3 is 2.50 bits per heavy atom. The fourth-order valence-electron chi connectivity index (χ4n) is 0.855. The highest BCUT2D eigenvalue weighted by molar-refractivity contribution is 4.48. The summed E-state index contributed by atoms with van der Waals surface area (Å²) in [5.41, 5.74) is 8.62. The monoisotopic (exact) mass is 145 g/mol. The molecular weight excluding hydrogens is 126 g/mol. The lowest BCUT2D eigenvalue weighted by Gasteiger charge is -2.19. The smallest absolute Gasteiger partial charge is 0.0142 e.